The van der Waals surface area contributed by atoms with E-state index in [0.29, 0.717) is 36.3 Å². The number of halogens is 3. The van der Waals surface area contributed by atoms with Gasteiger partial charge in [0.2, 0.25) is 10.0 Å². The van der Waals surface area contributed by atoms with Crippen LogP contribution in [0.4, 0.5) is 13.2 Å². The van der Waals surface area contributed by atoms with Crippen molar-refractivity contribution in [2.45, 2.75) is 43.8 Å². The summed E-state index contributed by atoms with van der Waals surface area (Å²) in [5.74, 6) is 0. The van der Waals surface area contributed by atoms with Crippen LogP contribution in [-0.4, -0.2) is 29.5 Å². The van der Waals surface area contributed by atoms with Gasteiger partial charge in [-0.25, -0.2) is 8.42 Å². The summed E-state index contributed by atoms with van der Waals surface area (Å²) in [5.41, 5.74) is 0.657. The number of benzene rings is 1. The predicted molar refractivity (Wildman–Crippen MR) is 85.4 cm³/mol. The molecule has 1 saturated heterocycles. The molecular weight excluding hydrogens is 355 g/mol. The molecule has 1 atom stereocenters. The predicted octanol–water partition coefficient (Wildman–Crippen LogP) is 3.57. The van der Waals surface area contributed by atoms with Crippen LogP contribution in [0.2, 0.25) is 0 Å². The molecule has 0 spiro atoms. The fourth-order valence-corrected chi connectivity index (χ4v) is 5.31. The van der Waals surface area contributed by atoms with Crippen molar-refractivity contribution in [1.29, 1.82) is 0 Å². The molecule has 25 heavy (non-hydrogen) atoms. The second-order valence-corrected chi connectivity index (χ2v) is 7.98. The fourth-order valence-electron chi connectivity index (χ4n) is 3.29. The topological polar surface area (TPSA) is 66.1 Å². The van der Waals surface area contributed by atoms with E-state index in [0.717, 1.165) is 12.1 Å². The summed E-state index contributed by atoms with van der Waals surface area (Å²) in [4.78, 5) is 0.145. The van der Waals surface area contributed by atoms with Crippen LogP contribution in [0.15, 0.2) is 29.2 Å². The zero-order valence-corrected chi connectivity index (χ0v) is 14.6. The Labute approximate surface area is 143 Å². The molecule has 3 rings (SSSR count). The number of alkyl halides is 3. The highest BCUT2D eigenvalue weighted by atomic mass is 32.2. The molecule has 136 valence electrons. The SMILES string of the molecule is Cc1n[nH]c(C)c1S(=O)(=O)N1CCCC1c1ccc(C(F)(F)F)cc1. The van der Waals surface area contributed by atoms with Crippen LogP contribution in [0, 0.1) is 13.8 Å². The lowest BCUT2D eigenvalue weighted by atomic mass is 10.0. The second-order valence-electron chi connectivity index (χ2n) is 6.16. The number of sulfonamides is 1. The lowest BCUT2D eigenvalue weighted by Crippen LogP contribution is -2.31. The summed E-state index contributed by atoms with van der Waals surface area (Å²) in [6, 6.07) is 4.23. The Kier molecular flexibility index (Phi) is 4.40. The van der Waals surface area contributed by atoms with Crippen molar-refractivity contribution < 1.29 is 21.6 Å². The quantitative estimate of drug-likeness (QED) is 0.894. The number of nitrogens with one attached hydrogen (secondary N) is 1. The average Bonchev–Trinajstić information content (AvgIpc) is 3.14. The summed E-state index contributed by atoms with van der Waals surface area (Å²) in [7, 11) is -3.78. The van der Waals surface area contributed by atoms with Gasteiger partial charge in [0, 0.05) is 6.54 Å². The Hall–Kier alpha value is -1.87. The Morgan fingerprint density at radius 3 is 2.36 bits per heavy atom. The number of H-pyrrole nitrogens is 1. The number of hydrogen-bond acceptors (Lipinski definition) is 3. The summed E-state index contributed by atoms with van der Waals surface area (Å²) >= 11 is 0. The Morgan fingerprint density at radius 2 is 1.84 bits per heavy atom. The van der Waals surface area contributed by atoms with Gasteiger partial charge in [0.15, 0.2) is 0 Å². The molecule has 1 aromatic carbocycles. The van der Waals surface area contributed by atoms with Gasteiger partial charge in [-0.15, -0.1) is 0 Å². The molecular formula is C16H18F3N3O2S. The van der Waals surface area contributed by atoms with Crippen LogP contribution in [0.5, 0.6) is 0 Å². The molecule has 1 aliphatic rings. The first-order valence-electron chi connectivity index (χ1n) is 7.83. The van der Waals surface area contributed by atoms with Crippen LogP contribution >= 0.6 is 0 Å². The van der Waals surface area contributed by atoms with Crippen LogP contribution in [0.1, 0.15) is 41.4 Å². The maximum Gasteiger partial charge on any atom is 0.416 e. The molecule has 1 unspecified atom stereocenters. The first-order valence-corrected chi connectivity index (χ1v) is 9.27. The lowest BCUT2D eigenvalue weighted by Gasteiger charge is -2.25. The third-order valence-corrected chi connectivity index (χ3v) is 6.63. The third kappa shape index (κ3) is 3.18. The number of rotatable bonds is 3. The van der Waals surface area contributed by atoms with Gasteiger partial charge >= 0.3 is 6.18 Å². The van der Waals surface area contributed by atoms with E-state index >= 15 is 0 Å². The van der Waals surface area contributed by atoms with E-state index < -0.39 is 27.8 Å². The molecule has 1 aliphatic heterocycles. The van der Waals surface area contributed by atoms with Crippen LogP contribution < -0.4 is 0 Å². The summed E-state index contributed by atoms with van der Waals surface area (Å²) < 4.78 is 65.6. The highest BCUT2D eigenvalue weighted by Crippen LogP contribution is 2.38. The van der Waals surface area contributed by atoms with Gasteiger partial charge in [0.1, 0.15) is 4.90 Å². The standard InChI is InChI=1S/C16H18F3N3O2S/c1-10-15(11(2)21-20-10)25(23,24)22-9-3-4-14(22)12-5-7-13(8-6-12)16(17,18)19/h5-8,14H,3-4,9H2,1-2H3,(H,20,21). The number of aromatic nitrogens is 2. The van der Waals surface area contributed by atoms with Gasteiger partial charge in [-0.05, 0) is 44.4 Å². The van der Waals surface area contributed by atoms with Gasteiger partial charge in [-0.1, -0.05) is 12.1 Å². The van der Waals surface area contributed by atoms with Crippen molar-refractivity contribution in [3.05, 3.63) is 46.8 Å². The highest BCUT2D eigenvalue weighted by Gasteiger charge is 2.39. The monoisotopic (exact) mass is 373 g/mol. The molecule has 1 aromatic heterocycles. The third-order valence-electron chi connectivity index (χ3n) is 4.45. The van der Waals surface area contributed by atoms with Crippen LogP contribution in [-0.2, 0) is 16.2 Å². The first-order chi connectivity index (χ1) is 11.6. The van der Waals surface area contributed by atoms with E-state index in [1.165, 1.54) is 16.4 Å². The summed E-state index contributed by atoms with van der Waals surface area (Å²) in [5, 5.41) is 6.60. The molecule has 5 nitrogen and oxygen atoms in total. The largest absolute Gasteiger partial charge is 0.416 e. The van der Waals surface area contributed by atoms with Crippen molar-refractivity contribution in [2.24, 2.45) is 0 Å². The molecule has 2 heterocycles. The average molecular weight is 373 g/mol. The van der Waals surface area contributed by atoms with Crippen molar-refractivity contribution >= 4 is 10.0 Å². The minimum absolute atomic E-state index is 0.145. The summed E-state index contributed by atoms with van der Waals surface area (Å²) in [6.45, 7) is 3.58. The first kappa shape index (κ1) is 17.9. The van der Waals surface area contributed by atoms with Crippen LogP contribution in [0.25, 0.3) is 0 Å². The normalized spacial score (nSPS) is 19.5. The Morgan fingerprint density at radius 1 is 1.20 bits per heavy atom. The van der Waals surface area contributed by atoms with E-state index in [2.05, 4.69) is 10.2 Å². The van der Waals surface area contributed by atoms with E-state index in [1.54, 1.807) is 13.8 Å². The maximum atomic E-state index is 13.0. The van der Waals surface area contributed by atoms with E-state index in [4.69, 9.17) is 0 Å². The molecule has 0 amide bonds. The van der Waals surface area contributed by atoms with Gasteiger partial charge in [0.25, 0.3) is 0 Å². The Balaban J connectivity index is 1.96. The summed E-state index contributed by atoms with van der Waals surface area (Å²) in [6.07, 6.45) is -3.19. The van der Waals surface area contributed by atoms with Crippen molar-refractivity contribution in [3.63, 3.8) is 0 Å². The van der Waals surface area contributed by atoms with E-state index in [-0.39, 0.29) is 4.90 Å². The number of hydrogen-bond donors (Lipinski definition) is 1. The van der Waals surface area contributed by atoms with Gasteiger partial charge < -0.3 is 0 Å². The molecule has 1 fully saturated rings. The lowest BCUT2D eigenvalue weighted by molar-refractivity contribution is -0.137. The fraction of sp³-hybridized carbons (Fsp3) is 0.438. The molecule has 9 heteroatoms. The minimum atomic E-state index is -4.41. The van der Waals surface area contributed by atoms with Crippen LogP contribution in [0.3, 0.4) is 0 Å². The number of nitrogens with zero attached hydrogens (tertiary/aromatic N) is 2. The number of aromatic amines is 1. The van der Waals surface area contributed by atoms with E-state index in [9.17, 15) is 21.6 Å². The van der Waals surface area contributed by atoms with Gasteiger partial charge in [0.05, 0.1) is 23.0 Å². The molecule has 0 saturated carbocycles. The highest BCUT2D eigenvalue weighted by molar-refractivity contribution is 7.89. The number of aryl methyl sites for hydroxylation is 2. The minimum Gasteiger partial charge on any atom is -0.281 e. The second kappa shape index (κ2) is 6.14. The molecule has 0 bridgehead atoms. The molecule has 1 N–H and O–H groups in total. The zero-order chi connectivity index (χ0) is 18.4. The van der Waals surface area contributed by atoms with E-state index in [1.807, 2.05) is 0 Å². The maximum absolute atomic E-state index is 13.0. The molecule has 2 aromatic rings. The van der Waals surface area contributed by atoms with Gasteiger partial charge in [-0.2, -0.15) is 22.6 Å². The van der Waals surface area contributed by atoms with Gasteiger partial charge in [-0.3, -0.25) is 5.10 Å². The van der Waals surface area contributed by atoms with Crippen molar-refractivity contribution in [1.82, 2.24) is 14.5 Å². The molecule has 0 aliphatic carbocycles. The van der Waals surface area contributed by atoms with Crippen molar-refractivity contribution in [2.75, 3.05) is 6.54 Å². The van der Waals surface area contributed by atoms with Crippen molar-refractivity contribution in [3.8, 4) is 0 Å². The Bertz CT molecular complexity index is 854. The molecule has 0 radical (unpaired) electrons. The zero-order valence-electron chi connectivity index (χ0n) is 13.8. The smallest absolute Gasteiger partial charge is 0.281 e.